The van der Waals surface area contributed by atoms with Gasteiger partial charge in [-0.05, 0) is 12.8 Å². The Hall–Kier alpha value is -1.85. The van der Waals surface area contributed by atoms with Crippen molar-refractivity contribution in [3.63, 3.8) is 0 Å². The van der Waals surface area contributed by atoms with E-state index in [2.05, 4.69) is 33.5 Å². The Morgan fingerprint density at radius 2 is 2.21 bits per heavy atom. The number of hydrogen-bond acceptors (Lipinski definition) is 7. The Morgan fingerprint density at radius 3 is 2.89 bits per heavy atom. The van der Waals surface area contributed by atoms with Gasteiger partial charge in [0.1, 0.15) is 17.7 Å². The molecule has 0 aliphatic carbocycles. The topological polar surface area (TPSA) is 89.5 Å². The molecular formula is C11H14N6OS. The Labute approximate surface area is 114 Å². The first-order chi connectivity index (χ1) is 9.30. The highest BCUT2D eigenvalue weighted by molar-refractivity contribution is 7.13. The highest BCUT2D eigenvalue weighted by Gasteiger charge is 2.16. The molecule has 0 bridgehead atoms. The summed E-state index contributed by atoms with van der Waals surface area (Å²) in [6, 6.07) is 2.06. The lowest BCUT2D eigenvalue weighted by atomic mass is 10.2. The Morgan fingerprint density at radius 1 is 1.37 bits per heavy atom. The molecule has 19 heavy (non-hydrogen) atoms. The van der Waals surface area contributed by atoms with Crippen LogP contribution in [-0.2, 0) is 17.8 Å². The Kier molecular flexibility index (Phi) is 4.54. The summed E-state index contributed by atoms with van der Waals surface area (Å²) < 4.78 is 6.61. The molecule has 0 fully saturated rings. The second-order valence-corrected chi connectivity index (χ2v) is 4.96. The molecule has 0 saturated carbocycles. The summed E-state index contributed by atoms with van der Waals surface area (Å²) in [5.41, 5.74) is 1.15. The molecule has 2 aromatic heterocycles. The zero-order valence-corrected chi connectivity index (χ0v) is 11.6. The van der Waals surface area contributed by atoms with Crippen LogP contribution in [0.3, 0.4) is 0 Å². The second-order valence-electron chi connectivity index (χ2n) is 3.92. The highest BCUT2D eigenvalue weighted by atomic mass is 32.1. The highest BCUT2D eigenvalue weighted by Crippen LogP contribution is 2.19. The van der Waals surface area contributed by atoms with Crippen molar-refractivity contribution in [2.24, 2.45) is 0 Å². The van der Waals surface area contributed by atoms with E-state index < -0.39 is 0 Å². The zero-order valence-electron chi connectivity index (χ0n) is 10.8. The van der Waals surface area contributed by atoms with Gasteiger partial charge in [-0.3, -0.25) is 0 Å². The molecular weight excluding hydrogens is 264 g/mol. The van der Waals surface area contributed by atoms with Crippen LogP contribution in [0.25, 0.3) is 5.13 Å². The fourth-order valence-electron chi connectivity index (χ4n) is 1.62. The third kappa shape index (κ3) is 2.94. The van der Waals surface area contributed by atoms with Crippen molar-refractivity contribution < 1.29 is 4.74 Å². The zero-order chi connectivity index (χ0) is 13.7. The van der Waals surface area contributed by atoms with E-state index in [1.54, 1.807) is 11.8 Å². The summed E-state index contributed by atoms with van der Waals surface area (Å²) in [4.78, 5) is 0. The lowest BCUT2D eigenvalue weighted by Crippen LogP contribution is -2.03. The van der Waals surface area contributed by atoms with Gasteiger partial charge in [-0.25, -0.2) is 0 Å². The molecule has 7 nitrogen and oxygen atoms in total. The van der Waals surface area contributed by atoms with Crippen LogP contribution in [0, 0.1) is 11.3 Å². The lowest BCUT2D eigenvalue weighted by molar-refractivity contribution is 0.184. The molecule has 0 unspecified atom stereocenters. The summed E-state index contributed by atoms with van der Waals surface area (Å²) in [6.07, 6.45) is 2.78. The molecule has 0 atom stereocenters. The number of unbranched alkanes of at least 4 members (excludes halogenated alkanes) is 1. The largest absolute Gasteiger partial charge is 0.377 e. The van der Waals surface area contributed by atoms with Gasteiger partial charge in [-0.15, -0.1) is 15.3 Å². The summed E-state index contributed by atoms with van der Waals surface area (Å²) in [5, 5.41) is 26.4. The van der Waals surface area contributed by atoms with Gasteiger partial charge in [0.25, 0.3) is 0 Å². The monoisotopic (exact) mass is 278 g/mol. The van der Waals surface area contributed by atoms with Gasteiger partial charge in [0.05, 0.1) is 5.69 Å². The SMILES string of the molecule is CCCCc1c(C#N)nnn1-c1nnc(COC)s1. The summed E-state index contributed by atoms with van der Waals surface area (Å²) in [5.74, 6) is 0. The first-order valence-corrected chi connectivity index (χ1v) is 6.78. The fourth-order valence-corrected chi connectivity index (χ4v) is 2.41. The first-order valence-electron chi connectivity index (χ1n) is 5.96. The maximum Gasteiger partial charge on any atom is 0.234 e. The average Bonchev–Trinajstić information content (AvgIpc) is 3.02. The van der Waals surface area contributed by atoms with E-state index in [-0.39, 0.29) is 0 Å². The van der Waals surface area contributed by atoms with Gasteiger partial charge in [0.15, 0.2) is 5.69 Å². The van der Waals surface area contributed by atoms with Crippen LogP contribution in [0.15, 0.2) is 0 Å². The van der Waals surface area contributed by atoms with Crippen LogP contribution in [0.1, 0.15) is 36.2 Å². The molecule has 0 radical (unpaired) electrons. The number of aromatic nitrogens is 5. The van der Waals surface area contributed by atoms with E-state index >= 15 is 0 Å². The molecule has 0 saturated heterocycles. The molecule has 0 aliphatic heterocycles. The quantitative estimate of drug-likeness (QED) is 0.795. The maximum absolute atomic E-state index is 9.05. The molecule has 0 amide bonds. The standard InChI is InChI=1S/C11H14N6OS/c1-3-4-5-9-8(6-12)13-16-17(9)11-15-14-10(19-11)7-18-2/h3-5,7H2,1-2H3. The fraction of sp³-hybridized carbons (Fsp3) is 0.545. The second kappa shape index (κ2) is 6.36. The number of methoxy groups -OCH3 is 1. The third-order valence-electron chi connectivity index (χ3n) is 2.54. The van der Waals surface area contributed by atoms with Gasteiger partial charge in [0, 0.05) is 7.11 Å². The maximum atomic E-state index is 9.05. The Balaban J connectivity index is 2.32. The first kappa shape index (κ1) is 13.6. The smallest absolute Gasteiger partial charge is 0.234 e. The molecule has 100 valence electrons. The molecule has 2 rings (SSSR count). The van der Waals surface area contributed by atoms with Crippen molar-refractivity contribution in [2.45, 2.75) is 32.8 Å². The van der Waals surface area contributed by atoms with Crippen LogP contribution in [0.5, 0.6) is 0 Å². The van der Waals surface area contributed by atoms with E-state index in [0.29, 0.717) is 17.4 Å². The van der Waals surface area contributed by atoms with Gasteiger partial charge >= 0.3 is 0 Å². The van der Waals surface area contributed by atoms with Crippen molar-refractivity contribution >= 4 is 11.3 Å². The lowest BCUT2D eigenvalue weighted by Gasteiger charge is -2.01. The van der Waals surface area contributed by atoms with Crippen molar-refractivity contribution in [3.8, 4) is 11.2 Å². The predicted octanol–water partition coefficient (Wildman–Crippen LogP) is 1.48. The van der Waals surface area contributed by atoms with Crippen LogP contribution in [0.4, 0.5) is 0 Å². The number of nitrogens with zero attached hydrogens (tertiary/aromatic N) is 6. The van der Waals surface area contributed by atoms with E-state index in [9.17, 15) is 0 Å². The molecule has 0 spiro atoms. The van der Waals surface area contributed by atoms with E-state index in [4.69, 9.17) is 10.00 Å². The number of hydrogen-bond donors (Lipinski definition) is 0. The van der Waals surface area contributed by atoms with Gasteiger partial charge in [-0.1, -0.05) is 29.9 Å². The third-order valence-corrected chi connectivity index (χ3v) is 3.41. The Bertz CT molecular complexity index is 584. The predicted molar refractivity (Wildman–Crippen MR) is 68.9 cm³/mol. The average molecular weight is 278 g/mol. The van der Waals surface area contributed by atoms with Crippen LogP contribution in [-0.4, -0.2) is 32.3 Å². The summed E-state index contributed by atoms with van der Waals surface area (Å²) in [6.45, 7) is 2.52. The summed E-state index contributed by atoms with van der Waals surface area (Å²) >= 11 is 1.39. The number of ether oxygens (including phenoxy) is 1. The van der Waals surface area contributed by atoms with Crippen molar-refractivity contribution in [1.29, 1.82) is 5.26 Å². The van der Waals surface area contributed by atoms with Crippen LogP contribution in [0.2, 0.25) is 0 Å². The van der Waals surface area contributed by atoms with Crippen molar-refractivity contribution in [1.82, 2.24) is 25.2 Å². The van der Waals surface area contributed by atoms with E-state index in [1.165, 1.54) is 11.3 Å². The summed E-state index contributed by atoms with van der Waals surface area (Å²) in [7, 11) is 1.61. The number of rotatable bonds is 6. The molecule has 2 heterocycles. The van der Waals surface area contributed by atoms with Crippen LogP contribution >= 0.6 is 11.3 Å². The molecule has 0 aromatic carbocycles. The molecule has 0 N–H and O–H groups in total. The molecule has 2 aromatic rings. The van der Waals surface area contributed by atoms with E-state index in [0.717, 1.165) is 30.0 Å². The van der Waals surface area contributed by atoms with Crippen LogP contribution < -0.4 is 0 Å². The van der Waals surface area contributed by atoms with Gasteiger partial charge < -0.3 is 4.74 Å². The van der Waals surface area contributed by atoms with E-state index in [1.807, 2.05) is 0 Å². The minimum absolute atomic E-state index is 0.358. The van der Waals surface area contributed by atoms with Crippen molar-refractivity contribution in [2.75, 3.05) is 7.11 Å². The minimum atomic E-state index is 0.358. The van der Waals surface area contributed by atoms with Gasteiger partial charge in [-0.2, -0.15) is 9.94 Å². The number of nitriles is 1. The van der Waals surface area contributed by atoms with Crippen molar-refractivity contribution in [3.05, 3.63) is 16.4 Å². The molecule has 8 heteroatoms. The minimum Gasteiger partial charge on any atom is -0.377 e. The van der Waals surface area contributed by atoms with Gasteiger partial charge in [0.2, 0.25) is 5.13 Å². The molecule has 0 aliphatic rings. The normalized spacial score (nSPS) is 10.6.